The van der Waals surface area contributed by atoms with E-state index in [1.54, 1.807) is 31.2 Å². The van der Waals surface area contributed by atoms with Crippen molar-refractivity contribution in [1.29, 1.82) is 0 Å². The van der Waals surface area contributed by atoms with Gasteiger partial charge in [0.1, 0.15) is 12.3 Å². The van der Waals surface area contributed by atoms with Crippen LogP contribution in [-0.2, 0) is 14.8 Å². The smallest absolute Gasteiger partial charge is 0.260 e. The van der Waals surface area contributed by atoms with Crippen LogP contribution < -0.4 is 14.5 Å². The number of benzene rings is 2. The lowest BCUT2D eigenvalue weighted by atomic mass is 10.1. The van der Waals surface area contributed by atoms with E-state index in [9.17, 15) is 13.2 Å². The number of para-hydroxylation sites is 2. The molecule has 2 aromatic rings. The SMILES string of the molecule is COc1ccccc1N(CC(=O)N/N=C(/C)c1ccc(C)cc1)S(C)(=O)=O. The number of aryl methyl sites for hydroxylation is 1. The number of ether oxygens (including phenoxy) is 1. The van der Waals surface area contributed by atoms with E-state index >= 15 is 0 Å². The third-order valence-corrected chi connectivity index (χ3v) is 4.99. The molecule has 7 nitrogen and oxygen atoms in total. The minimum absolute atomic E-state index is 0.289. The molecule has 0 bridgehead atoms. The molecule has 0 fully saturated rings. The first-order chi connectivity index (χ1) is 12.7. The first-order valence-corrected chi connectivity index (χ1v) is 10.1. The molecular formula is C19H23N3O4S. The molecule has 0 aliphatic rings. The number of nitrogens with zero attached hydrogens (tertiary/aromatic N) is 2. The Balaban J connectivity index is 2.17. The van der Waals surface area contributed by atoms with E-state index in [0.717, 1.165) is 21.7 Å². The number of hydrogen-bond donors (Lipinski definition) is 1. The summed E-state index contributed by atoms with van der Waals surface area (Å²) in [7, 11) is -2.26. The minimum atomic E-state index is -3.70. The highest BCUT2D eigenvalue weighted by Crippen LogP contribution is 2.29. The largest absolute Gasteiger partial charge is 0.495 e. The molecule has 0 spiro atoms. The van der Waals surface area contributed by atoms with Gasteiger partial charge in [-0.2, -0.15) is 5.10 Å². The Labute approximate surface area is 159 Å². The van der Waals surface area contributed by atoms with E-state index in [1.165, 1.54) is 7.11 Å². The molecular weight excluding hydrogens is 366 g/mol. The number of rotatable bonds is 7. The highest BCUT2D eigenvalue weighted by molar-refractivity contribution is 7.92. The zero-order valence-electron chi connectivity index (χ0n) is 15.8. The number of anilines is 1. The number of nitrogens with one attached hydrogen (secondary N) is 1. The molecule has 0 radical (unpaired) electrons. The maximum Gasteiger partial charge on any atom is 0.260 e. The van der Waals surface area contributed by atoms with Gasteiger partial charge in [0, 0.05) is 0 Å². The number of hydrogen-bond acceptors (Lipinski definition) is 5. The summed E-state index contributed by atoms with van der Waals surface area (Å²) >= 11 is 0. The van der Waals surface area contributed by atoms with Crippen molar-refractivity contribution < 1.29 is 17.9 Å². The molecule has 8 heteroatoms. The van der Waals surface area contributed by atoms with Gasteiger partial charge in [0.15, 0.2) is 0 Å². The first-order valence-electron chi connectivity index (χ1n) is 8.23. The predicted octanol–water partition coefficient (Wildman–Crippen LogP) is 2.31. The molecule has 144 valence electrons. The van der Waals surface area contributed by atoms with Crippen LogP contribution in [0.4, 0.5) is 5.69 Å². The van der Waals surface area contributed by atoms with Gasteiger partial charge in [-0.05, 0) is 31.5 Å². The summed E-state index contributed by atoms with van der Waals surface area (Å²) in [4.78, 5) is 12.3. The molecule has 0 saturated heterocycles. The second-order valence-electron chi connectivity index (χ2n) is 6.04. The normalized spacial score (nSPS) is 11.8. The maximum atomic E-state index is 12.3. The van der Waals surface area contributed by atoms with Gasteiger partial charge in [0.2, 0.25) is 10.0 Å². The van der Waals surface area contributed by atoms with Crippen LogP contribution in [0.25, 0.3) is 0 Å². The molecule has 0 aliphatic heterocycles. The number of hydrazone groups is 1. The van der Waals surface area contributed by atoms with E-state index in [-0.39, 0.29) is 5.69 Å². The Morgan fingerprint density at radius 2 is 1.78 bits per heavy atom. The van der Waals surface area contributed by atoms with Gasteiger partial charge < -0.3 is 4.74 Å². The number of amides is 1. The molecule has 27 heavy (non-hydrogen) atoms. The van der Waals surface area contributed by atoms with E-state index in [0.29, 0.717) is 11.5 Å². The van der Waals surface area contributed by atoms with Gasteiger partial charge in [-0.1, -0.05) is 42.0 Å². The Morgan fingerprint density at radius 3 is 2.37 bits per heavy atom. The van der Waals surface area contributed by atoms with E-state index in [1.807, 2.05) is 31.2 Å². The monoisotopic (exact) mass is 389 g/mol. The fourth-order valence-electron chi connectivity index (χ4n) is 2.39. The standard InChI is InChI=1S/C19H23N3O4S/c1-14-9-11-16(12-10-14)15(2)20-21-19(23)13-22(27(4,24)25)17-7-5-6-8-18(17)26-3/h5-12H,13H2,1-4H3,(H,21,23)/b20-15-. The molecule has 1 N–H and O–H groups in total. The second-order valence-corrected chi connectivity index (χ2v) is 7.95. The van der Waals surface area contributed by atoms with Crippen LogP contribution in [-0.4, -0.2) is 39.9 Å². The van der Waals surface area contributed by atoms with Crippen molar-refractivity contribution in [2.45, 2.75) is 13.8 Å². The lowest BCUT2D eigenvalue weighted by Crippen LogP contribution is -2.39. The van der Waals surface area contributed by atoms with Crippen molar-refractivity contribution in [3.8, 4) is 5.75 Å². The fourth-order valence-corrected chi connectivity index (χ4v) is 3.25. The molecule has 2 aromatic carbocycles. The third-order valence-electron chi connectivity index (χ3n) is 3.86. The zero-order valence-corrected chi connectivity index (χ0v) is 16.6. The number of carbonyl (C=O) groups excluding carboxylic acids is 1. The summed E-state index contributed by atoms with van der Waals surface area (Å²) in [6.07, 6.45) is 1.04. The average molecular weight is 389 g/mol. The van der Waals surface area contributed by atoms with Crippen molar-refractivity contribution in [3.05, 3.63) is 59.7 Å². The maximum absolute atomic E-state index is 12.3. The molecule has 0 unspecified atom stereocenters. The number of methoxy groups -OCH3 is 1. The van der Waals surface area contributed by atoms with Crippen LogP contribution >= 0.6 is 0 Å². The van der Waals surface area contributed by atoms with E-state index in [4.69, 9.17) is 4.74 Å². The summed E-state index contributed by atoms with van der Waals surface area (Å²) in [6.45, 7) is 3.33. The van der Waals surface area contributed by atoms with Gasteiger partial charge in [-0.15, -0.1) is 0 Å². The number of carbonyl (C=O) groups is 1. The van der Waals surface area contributed by atoms with Crippen LogP contribution in [0.1, 0.15) is 18.1 Å². The van der Waals surface area contributed by atoms with Crippen LogP contribution in [0, 0.1) is 6.92 Å². The first kappa shape index (κ1) is 20.4. The Bertz CT molecular complexity index is 938. The zero-order chi connectivity index (χ0) is 20.0. The Morgan fingerprint density at radius 1 is 1.15 bits per heavy atom. The van der Waals surface area contributed by atoms with Crippen molar-refractivity contribution >= 4 is 27.3 Å². The Hall–Kier alpha value is -2.87. The van der Waals surface area contributed by atoms with Gasteiger partial charge >= 0.3 is 0 Å². The van der Waals surface area contributed by atoms with E-state index < -0.39 is 22.5 Å². The fraction of sp³-hybridized carbons (Fsp3) is 0.263. The third kappa shape index (κ3) is 5.55. The van der Waals surface area contributed by atoms with Crippen molar-refractivity contribution in [2.75, 3.05) is 24.2 Å². The summed E-state index contributed by atoms with van der Waals surface area (Å²) < 4.78 is 30.6. The van der Waals surface area contributed by atoms with Crippen molar-refractivity contribution in [2.24, 2.45) is 5.10 Å². The molecule has 0 saturated carbocycles. The molecule has 2 rings (SSSR count). The van der Waals surface area contributed by atoms with Gasteiger partial charge in [-0.25, -0.2) is 13.8 Å². The second kappa shape index (κ2) is 8.68. The van der Waals surface area contributed by atoms with Crippen molar-refractivity contribution in [1.82, 2.24) is 5.43 Å². The summed E-state index contributed by atoms with van der Waals surface area (Å²) in [6, 6.07) is 14.3. The lowest BCUT2D eigenvalue weighted by Gasteiger charge is -2.23. The van der Waals surface area contributed by atoms with Crippen molar-refractivity contribution in [3.63, 3.8) is 0 Å². The van der Waals surface area contributed by atoms with Gasteiger partial charge in [0.05, 0.1) is 24.8 Å². The molecule has 1 amide bonds. The van der Waals surface area contributed by atoms with Crippen LogP contribution in [0.2, 0.25) is 0 Å². The summed E-state index contributed by atoms with van der Waals surface area (Å²) in [5, 5.41) is 4.06. The molecule has 0 aliphatic carbocycles. The molecule has 0 atom stereocenters. The molecule has 0 heterocycles. The average Bonchev–Trinajstić information content (AvgIpc) is 2.63. The Kier molecular flexibility index (Phi) is 6.57. The van der Waals surface area contributed by atoms with Gasteiger partial charge in [-0.3, -0.25) is 9.10 Å². The quantitative estimate of drug-likeness (QED) is 0.581. The summed E-state index contributed by atoms with van der Waals surface area (Å²) in [5.41, 5.74) is 5.30. The highest BCUT2D eigenvalue weighted by atomic mass is 32.2. The predicted molar refractivity (Wildman–Crippen MR) is 107 cm³/mol. The van der Waals surface area contributed by atoms with E-state index in [2.05, 4.69) is 10.5 Å². The van der Waals surface area contributed by atoms with Crippen LogP contribution in [0.3, 0.4) is 0 Å². The van der Waals surface area contributed by atoms with Gasteiger partial charge in [0.25, 0.3) is 5.91 Å². The summed E-state index contributed by atoms with van der Waals surface area (Å²) in [5.74, 6) is -0.201. The van der Waals surface area contributed by atoms with Crippen LogP contribution in [0.5, 0.6) is 5.75 Å². The molecule has 0 aromatic heterocycles. The highest BCUT2D eigenvalue weighted by Gasteiger charge is 2.23. The minimum Gasteiger partial charge on any atom is -0.495 e. The topological polar surface area (TPSA) is 88.1 Å². The van der Waals surface area contributed by atoms with Crippen LogP contribution in [0.15, 0.2) is 53.6 Å². The lowest BCUT2D eigenvalue weighted by molar-refractivity contribution is -0.119. The number of sulfonamides is 1.